The van der Waals surface area contributed by atoms with Crippen LogP contribution in [0, 0.1) is 5.92 Å². The Labute approximate surface area is 160 Å². The number of hydrogen-bond donors (Lipinski definition) is 1. The van der Waals surface area contributed by atoms with Gasteiger partial charge in [0.2, 0.25) is 0 Å². The van der Waals surface area contributed by atoms with Crippen LogP contribution in [0.25, 0.3) is 0 Å². The Bertz CT molecular complexity index is 585. The normalized spacial score (nSPS) is 17.7. The first-order valence-electron chi connectivity index (χ1n) is 9.36. The summed E-state index contributed by atoms with van der Waals surface area (Å²) in [6.07, 6.45) is -5.83. The minimum Gasteiger partial charge on any atom is -0.493 e. The van der Waals surface area contributed by atoms with Crippen LogP contribution >= 0.6 is 0 Å². The van der Waals surface area contributed by atoms with Crippen LogP contribution in [-0.2, 0) is 0 Å². The average molecular weight is 413 g/mol. The summed E-state index contributed by atoms with van der Waals surface area (Å²) in [5.41, 5.74) is 0.452. The van der Waals surface area contributed by atoms with E-state index in [2.05, 4.69) is 0 Å². The van der Waals surface area contributed by atoms with Crippen LogP contribution in [0.15, 0.2) is 24.3 Å². The maximum absolute atomic E-state index is 12.6. The van der Waals surface area contributed by atoms with Crippen molar-refractivity contribution in [3.8, 4) is 5.75 Å². The SMILES string of the molecule is OCC(CCN(C(F)(F)F)C(F)(F)F)c1cccc(OCC2CCCCC2)c1. The topological polar surface area (TPSA) is 32.7 Å². The van der Waals surface area contributed by atoms with Crippen LogP contribution in [-0.4, -0.2) is 42.4 Å². The molecule has 1 N–H and O–H groups in total. The fourth-order valence-electron chi connectivity index (χ4n) is 3.47. The number of alkyl halides is 6. The highest BCUT2D eigenvalue weighted by Crippen LogP contribution is 2.35. The molecule has 1 fully saturated rings. The number of benzene rings is 1. The predicted octanol–water partition coefficient (Wildman–Crippen LogP) is 5.45. The summed E-state index contributed by atoms with van der Waals surface area (Å²) >= 11 is 0. The van der Waals surface area contributed by atoms with Crippen molar-refractivity contribution >= 4 is 0 Å². The highest BCUT2D eigenvalue weighted by atomic mass is 19.4. The van der Waals surface area contributed by atoms with E-state index in [1.807, 2.05) is 0 Å². The van der Waals surface area contributed by atoms with Crippen LogP contribution in [0.4, 0.5) is 26.3 Å². The van der Waals surface area contributed by atoms with Crippen molar-refractivity contribution < 1.29 is 36.2 Å². The van der Waals surface area contributed by atoms with Crippen molar-refractivity contribution in [3.63, 3.8) is 0 Å². The summed E-state index contributed by atoms with van der Waals surface area (Å²) in [5.74, 6) is 0.105. The number of rotatable bonds is 8. The van der Waals surface area contributed by atoms with Crippen molar-refractivity contribution in [3.05, 3.63) is 29.8 Å². The molecule has 1 aliphatic rings. The molecule has 1 aliphatic carbocycles. The number of hydrogen-bond acceptors (Lipinski definition) is 3. The fraction of sp³-hybridized carbons (Fsp3) is 0.684. The van der Waals surface area contributed by atoms with Gasteiger partial charge in [-0.2, -0.15) is 26.3 Å². The van der Waals surface area contributed by atoms with Gasteiger partial charge in [-0.15, -0.1) is 4.90 Å². The Morgan fingerprint density at radius 3 is 2.25 bits per heavy atom. The molecule has 0 aromatic heterocycles. The lowest BCUT2D eigenvalue weighted by Gasteiger charge is -2.28. The summed E-state index contributed by atoms with van der Waals surface area (Å²) in [4.78, 5) is -1.47. The lowest BCUT2D eigenvalue weighted by Crippen LogP contribution is -2.48. The number of ether oxygens (including phenoxy) is 1. The van der Waals surface area contributed by atoms with Crippen LogP contribution in [0.3, 0.4) is 0 Å². The third-order valence-corrected chi connectivity index (χ3v) is 5.07. The van der Waals surface area contributed by atoms with Gasteiger partial charge in [-0.05, 0) is 42.9 Å². The Morgan fingerprint density at radius 1 is 1.04 bits per heavy atom. The molecule has 0 heterocycles. The zero-order valence-electron chi connectivity index (χ0n) is 15.4. The molecule has 2 rings (SSSR count). The summed E-state index contributed by atoms with van der Waals surface area (Å²) in [6, 6.07) is 6.47. The van der Waals surface area contributed by atoms with E-state index < -0.39 is 43.0 Å². The molecule has 1 aromatic carbocycles. The zero-order chi connectivity index (χ0) is 20.8. The van der Waals surface area contributed by atoms with Gasteiger partial charge in [0.05, 0.1) is 6.61 Å². The largest absolute Gasteiger partial charge is 0.493 e. The molecule has 0 aliphatic heterocycles. The van der Waals surface area contributed by atoms with Gasteiger partial charge >= 0.3 is 12.6 Å². The first-order valence-corrected chi connectivity index (χ1v) is 9.36. The molecule has 0 amide bonds. The summed E-state index contributed by atoms with van der Waals surface area (Å²) in [5, 5.41) is 9.50. The monoisotopic (exact) mass is 413 g/mol. The van der Waals surface area contributed by atoms with Gasteiger partial charge in [-0.25, -0.2) is 0 Å². The number of aliphatic hydroxyl groups excluding tert-OH is 1. The first-order chi connectivity index (χ1) is 13.1. The Balaban J connectivity index is 1.99. The van der Waals surface area contributed by atoms with Crippen molar-refractivity contribution in [2.24, 2.45) is 5.92 Å². The minimum absolute atomic E-state index is 0.452. The summed E-state index contributed by atoms with van der Waals surface area (Å²) < 4.78 is 81.6. The molecule has 0 saturated heterocycles. The second kappa shape index (κ2) is 9.82. The Morgan fingerprint density at radius 2 is 1.68 bits per heavy atom. The summed E-state index contributed by atoms with van der Waals surface area (Å²) in [6.45, 7) is -1.32. The highest BCUT2D eigenvalue weighted by molar-refractivity contribution is 5.31. The molecule has 0 spiro atoms. The van der Waals surface area contributed by atoms with E-state index >= 15 is 0 Å². The van der Waals surface area contributed by atoms with Crippen molar-refractivity contribution in [1.82, 2.24) is 4.90 Å². The average Bonchev–Trinajstić information content (AvgIpc) is 2.62. The van der Waals surface area contributed by atoms with Crippen LogP contribution < -0.4 is 4.74 Å². The van der Waals surface area contributed by atoms with Crippen molar-refractivity contribution in [2.45, 2.75) is 57.0 Å². The second-order valence-electron chi connectivity index (χ2n) is 7.14. The predicted molar refractivity (Wildman–Crippen MR) is 91.8 cm³/mol. The van der Waals surface area contributed by atoms with Crippen LogP contribution in [0.1, 0.15) is 50.0 Å². The number of aliphatic hydroxyl groups is 1. The van der Waals surface area contributed by atoms with E-state index in [1.54, 1.807) is 24.3 Å². The fourth-order valence-corrected chi connectivity index (χ4v) is 3.47. The zero-order valence-corrected chi connectivity index (χ0v) is 15.4. The highest BCUT2D eigenvalue weighted by Gasteiger charge is 2.53. The van der Waals surface area contributed by atoms with Gasteiger partial charge in [0.25, 0.3) is 0 Å². The van der Waals surface area contributed by atoms with Gasteiger partial charge in [0, 0.05) is 19.1 Å². The Hall–Kier alpha value is -1.48. The van der Waals surface area contributed by atoms with Crippen molar-refractivity contribution in [2.75, 3.05) is 19.8 Å². The van der Waals surface area contributed by atoms with E-state index in [4.69, 9.17) is 4.74 Å². The molecule has 1 saturated carbocycles. The summed E-state index contributed by atoms with van der Waals surface area (Å²) in [7, 11) is 0. The Kier molecular flexibility index (Phi) is 8.00. The maximum Gasteiger partial charge on any atom is 0.467 e. The molecule has 1 aromatic rings. The maximum atomic E-state index is 12.6. The first kappa shape index (κ1) is 22.8. The van der Waals surface area contributed by atoms with Gasteiger partial charge in [0.15, 0.2) is 0 Å². The van der Waals surface area contributed by atoms with E-state index in [1.165, 1.54) is 6.42 Å². The minimum atomic E-state index is -5.52. The van der Waals surface area contributed by atoms with Gasteiger partial charge in [-0.3, -0.25) is 0 Å². The van der Waals surface area contributed by atoms with Crippen molar-refractivity contribution in [1.29, 1.82) is 0 Å². The molecular formula is C19H25F6NO2. The number of nitrogens with zero attached hydrogens (tertiary/aromatic N) is 1. The van der Waals surface area contributed by atoms with Gasteiger partial charge in [-0.1, -0.05) is 31.4 Å². The lowest BCUT2D eigenvalue weighted by molar-refractivity contribution is -0.373. The van der Waals surface area contributed by atoms with Crippen LogP contribution in [0.5, 0.6) is 5.75 Å². The standard InChI is InChI=1S/C19H25F6NO2/c20-18(21,22)26(19(23,24)25)10-9-16(12-27)15-7-4-8-17(11-15)28-13-14-5-2-1-3-6-14/h4,7-8,11,14,16,27H,1-3,5-6,9-10,12-13H2. The van der Waals surface area contributed by atoms with Gasteiger partial charge < -0.3 is 9.84 Å². The van der Waals surface area contributed by atoms with Crippen LogP contribution in [0.2, 0.25) is 0 Å². The number of halogens is 6. The molecule has 1 unspecified atom stereocenters. The van der Waals surface area contributed by atoms with E-state index in [9.17, 15) is 31.4 Å². The smallest absolute Gasteiger partial charge is 0.467 e. The quantitative estimate of drug-likeness (QED) is 0.454. The van der Waals surface area contributed by atoms with E-state index in [-0.39, 0.29) is 0 Å². The molecule has 160 valence electrons. The molecule has 9 heteroatoms. The molecule has 3 nitrogen and oxygen atoms in total. The molecule has 28 heavy (non-hydrogen) atoms. The molecule has 0 bridgehead atoms. The molecule has 1 atom stereocenters. The third-order valence-electron chi connectivity index (χ3n) is 5.07. The van der Waals surface area contributed by atoms with Gasteiger partial charge in [0.1, 0.15) is 5.75 Å². The molecule has 0 radical (unpaired) electrons. The van der Waals surface area contributed by atoms with E-state index in [0.29, 0.717) is 23.8 Å². The second-order valence-corrected chi connectivity index (χ2v) is 7.14. The van der Waals surface area contributed by atoms with E-state index in [0.717, 1.165) is 25.7 Å². The third kappa shape index (κ3) is 6.84. The molecular weight excluding hydrogens is 388 g/mol. The lowest BCUT2D eigenvalue weighted by atomic mass is 9.90.